The van der Waals surface area contributed by atoms with Crippen LogP contribution in [-0.4, -0.2) is 49.5 Å². The van der Waals surface area contributed by atoms with Crippen LogP contribution >= 0.6 is 0 Å². The molecule has 0 radical (unpaired) electrons. The van der Waals surface area contributed by atoms with E-state index in [9.17, 15) is 9.59 Å². The van der Waals surface area contributed by atoms with Crippen LogP contribution in [0, 0.1) is 0 Å². The summed E-state index contributed by atoms with van der Waals surface area (Å²) in [5, 5.41) is 2.95. The molecule has 2 amide bonds. The van der Waals surface area contributed by atoms with Gasteiger partial charge < -0.3 is 19.9 Å². The molecule has 6 nitrogen and oxygen atoms in total. The Balaban J connectivity index is 1.55. The van der Waals surface area contributed by atoms with Crippen molar-refractivity contribution < 1.29 is 14.3 Å². The molecule has 2 aromatic carbocycles. The first kappa shape index (κ1) is 21.7. The fourth-order valence-electron chi connectivity index (χ4n) is 3.46. The molecule has 1 N–H and O–H groups in total. The molecule has 160 valence electrons. The number of nitrogens with one attached hydrogen (secondary N) is 1. The van der Waals surface area contributed by atoms with E-state index in [0.717, 1.165) is 50.4 Å². The highest BCUT2D eigenvalue weighted by atomic mass is 16.5. The van der Waals surface area contributed by atoms with E-state index >= 15 is 0 Å². The third-order valence-corrected chi connectivity index (χ3v) is 5.29. The Bertz CT molecular complexity index is 843. The molecule has 0 spiro atoms. The smallest absolute Gasteiger partial charge is 0.255 e. The van der Waals surface area contributed by atoms with Gasteiger partial charge in [-0.15, -0.1) is 0 Å². The van der Waals surface area contributed by atoms with Gasteiger partial charge in [0, 0.05) is 49.5 Å². The lowest BCUT2D eigenvalue weighted by molar-refractivity contribution is -0.131. The van der Waals surface area contributed by atoms with E-state index < -0.39 is 0 Å². The van der Waals surface area contributed by atoms with Gasteiger partial charge in [-0.25, -0.2) is 0 Å². The minimum absolute atomic E-state index is 0.157. The average Bonchev–Trinajstić information content (AvgIpc) is 2.79. The maximum Gasteiger partial charge on any atom is 0.255 e. The van der Waals surface area contributed by atoms with Gasteiger partial charge in [-0.05, 0) is 48.9 Å². The summed E-state index contributed by atoms with van der Waals surface area (Å²) >= 11 is 0. The highest BCUT2D eigenvalue weighted by Gasteiger charge is 2.20. The van der Waals surface area contributed by atoms with Crippen molar-refractivity contribution in [2.24, 2.45) is 0 Å². The summed E-state index contributed by atoms with van der Waals surface area (Å²) in [7, 11) is 0. The second-order valence-electron chi connectivity index (χ2n) is 7.45. The molecule has 1 fully saturated rings. The minimum atomic E-state index is -0.157. The largest absolute Gasteiger partial charge is 0.494 e. The topological polar surface area (TPSA) is 61.9 Å². The number of carbonyl (C=O) groups excluding carboxylic acids is 2. The van der Waals surface area contributed by atoms with Gasteiger partial charge in [-0.2, -0.15) is 0 Å². The van der Waals surface area contributed by atoms with Gasteiger partial charge in [0.25, 0.3) is 5.91 Å². The Morgan fingerprint density at radius 2 is 1.73 bits per heavy atom. The molecular weight excluding hydrogens is 378 g/mol. The van der Waals surface area contributed by atoms with Gasteiger partial charge in [-0.1, -0.05) is 26.3 Å². The zero-order valence-electron chi connectivity index (χ0n) is 17.9. The average molecular weight is 410 g/mol. The molecule has 3 rings (SSSR count). The van der Waals surface area contributed by atoms with Crippen LogP contribution in [0.1, 0.15) is 43.5 Å². The summed E-state index contributed by atoms with van der Waals surface area (Å²) in [6, 6.07) is 15.1. The van der Waals surface area contributed by atoms with Crippen LogP contribution in [0.5, 0.6) is 5.75 Å². The lowest BCUT2D eigenvalue weighted by Gasteiger charge is -2.36. The van der Waals surface area contributed by atoms with Gasteiger partial charge in [-0.3, -0.25) is 9.59 Å². The number of ether oxygens (including phenoxy) is 1. The lowest BCUT2D eigenvalue weighted by Crippen LogP contribution is -2.48. The second-order valence-corrected chi connectivity index (χ2v) is 7.45. The van der Waals surface area contributed by atoms with Crippen molar-refractivity contribution in [3.8, 4) is 5.75 Å². The van der Waals surface area contributed by atoms with Crippen molar-refractivity contribution in [3.05, 3.63) is 54.1 Å². The van der Waals surface area contributed by atoms with E-state index in [1.807, 2.05) is 48.2 Å². The van der Waals surface area contributed by atoms with Crippen LogP contribution < -0.4 is 15.0 Å². The minimum Gasteiger partial charge on any atom is -0.494 e. The van der Waals surface area contributed by atoms with Gasteiger partial charge in [0.15, 0.2) is 0 Å². The number of benzene rings is 2. The Labute approximate surface area is 178 Å². The lowest BCUT2D eigenvalue weighted by atomic mass is 10.2. The van der Waals surface area contributed by atoms with E-state index in [2.05, 4.69) is 17.1 Å². The van der Waals surface area contributed by atoms with Gasteiger partial charge in [0.05, 0.1) is 6.61 Å². The number of carbonyl (C=O) groups is 2. The number of unbranched alkanes of at least 4 members (excludes halogenated alkanes) is 1. The Kier molecular flexibility index (Phi) is 7.71. The fourth-order valence-corrected chi connectivity index (χ4v) is 3.46. The first-order chi connectivity index (χ1) is 14.6. The number of nitrogens with zero attached hydrogens (tertiary/aromatic N) is 2. The van der Waals surface area contributed by atoms with Crippen molar-refractivity contribution in [2.75, 3.05) is 43.0 Å². The van der Waals surface area contributed by atoms with E-state index in [4.69, 9.17) is 4.74 Å². The maximum atomic E-state index is 12.6. The van der Waals surface area contributed by atoms with Crippen molar-refractivity contribution in [3.63, 3.8) is 0 Å². The molecule has 2 aromatic rings. The number of anilines is 2. The summed E-state index contributed by atoms with van der Waals surface area (Å²) in [5.41, 5.74) is 2.42. The standard InChI is InChI=1S/C24H31N3O3/c1-3-5-17-30-22-8-6-7-19(18-22)24(29)25-20-9-11-21(12-10-20)26-13-15-27(16-14-26)23(28)4-2/h6-12,18H,3-5,13-17H2,1-2H3,(H,25,29). The molecule has 30 heavy (non-hydrogen) atoms. The summed E-state index contributed by atoms with van der Waals surface area (Å²) in [4.78, 5) is 28.6. The predicted molar refractivity (Wildman–Crippen MR) is 120 cm³/mol. The number of hydrogen-bond acceptors (Lipinski definition) is 4. The van der Waals surface area contributed by atoms with Crippen LogP contribution in [0.2, 0.25) is 0 Å². The SMILES string of the molecule is CCCCOc1cccc(C(=O)Nc2ccc(N3CCN(C(=O)CC)CC3)cc2)c1. The van der Waals surface area contributed by atoms with Crippen LogP contribution in [0.3, 0.4) is 0 Å². The zero-order chi connectivity index (χ0) is 21.3. The molecule has 1 aliphatic heterocycles. The highest BCUT2D eigenvalue weighted by Crippen LogP contribution is 2.21. The maximum absolute atomic E-state index is 12.6. The molecule has 0 bridgehead atoms. The third-order valence-electron chi connectivity index (χ3n) is 5.29. The molecule has 0 saturated carbocycles. The van der Waals surface area contributed by atoms with E-state index in [0.29, 0.717) is 24.3 Å². The second kappa shape index (κ2) is 10.7. The number of amides is 2. The van der Waals surface area contributed by atoms with Crippen LogP contribution in [0.4, 0.5) is 11.4 Å². The number of piperazine rings is 1. The molecular formula is C24H31N3O3. The summed E-state index contributed by atoms with van der Waals surface area (Å²) in [6.07, 6.45) is 2.62. The monoisotopic (exact) mass is 409 g/mol. The molecule has 1 saturated heterocycles. The first-order valence-corrected chi connectivity index (χ1v) is 10.8. The molecule has 0 aromatic heterocycles. The molecule has 1 aliphatic rings. The molecule has 0 atom stereocenters. The Morgan fingerprint density at radius 3 is 2.40 bits per heavy atom. The number of hydrogen-bond donors (Lipinski definition) is 1. The number of rotatable bonds is 8. The van der Waals surface area contributed by atoms with Gasteiger partial charge in [0.2, 0.25) is 5.91 Å². The van der Waals surface area contributed by atoms with E-state index in [-0.39, 0.29) is 11.8 Å². The molecule has 6 heteroatoms. The third kappa shape index (κ3) is 5.75. The Hall–Kier alpha value is -3.02. The van der Waals surface area contributed by atoms with Crippen LogP contribution in [-0.2, 0) is 4.79 Å². The van der Waals surface area contributed by atoms with E-state index in [1.165, 1.54) is 0 Å². The van der Waals surface area contributed by atoms with Crippen LogP contribution in [0.25, 0.3) is 0 Å². The van der Waals surface area contributed by atoms with Crippen LogP contribution in [0.15, 0.2) is 48.5 Å². The summed E-state index contributed by atoms with van der Waals surface area (Å²) in [5.74, 6) is 0.773. The van der Waals surface area contributed by atoms with Crippen molar-refractivity contribution in [1.29, 1.82) is 0 Å². The summed E-state index contributed by atoms with van der Waals surface area (Å²) < 4.78 is 5.69. The predicted octanol–water partition coefficient (Wildman–Crippen LogP) is 4.18. The quantitative estimate of drug-likeness (QED) is 0.665. The fraction of sp³-hybridized carbons (Fsp3) is 0.417. The van der Waals surface area contributed by atoms with Gasteiger partial charge in [0.1, 0.15) is 5.75 Å². The van der Waals surface area contributed by atoms with Crippen molar-refractivity contribution in [1.82, 2.24) is 4.90 Å². The Morgan fingerprint density at radius 1 is 1.00 bits per heavy atom. The highest BCUT2D eigenvalue weighted by molar-refractivity contribution is 6.04. The molecule has 0 unspecified atom stereocenters. The zero-order valence-corrected chi connectivity index (χ0v) is 17.9. The van der Waals surface area contributed by atoms with E-state index in [1.54, 1.807) is 12.1 Å². The first-order valence-electron chi connectivity index (χ1n) is 10.8. The van der Waals surface area contributed by atoms with Crippen molar-refractivity contribution >= 4 is 23.2 Å². The van der Waals surface area contributed by atoms with Crippen molar-refractivity contribution in [2.45, 2.75) is 33.1 Å². The molecule has 0 aliphatic carbocycles. The normalized spacial score (nSPS) is 13.8. The van der Waals surface area contributed by atoms with Gasteiger partial charge >= 0.3 is 0 Å². The molecule has 1 heterocycles. The summed E-state index contributed by atoms with van der Waals surface area (Å²) in [6.45, 7) is 7.82.